The number of hydrogen-bond donors (Lipinski definition) is 2. The molecule has 0 atom stereocenters. The highest BCUT2D eigenvalue weighted by molar-refractivity contribution is 7.15. The summed E-state index contributed by atoms with van der Waals surface area (Å²) in [6.45, 7) is 2.40. The van der Waals surface area contributed by atoms with Crippen LogP contribution in [0.15, 0.2) is 23.3 Å². The van der Waals surface area contributed by atoms with Gasteiger partial charge in [0, 0.05) is 10.6 Å². The van der Waals surface area contributed by atoms with Gasteiger partial charge in [0.1, 0.15) is 10.8 Å². The molecule has 0 fully saturated rings. The number of nitrogens with zero attached hydrogens (tertiary/aromatic N) is 3. The van der Waals surface area contributed by atoms with Crippen molar-refractivity contribution in [2.45, 2.75) is 13.3 Å². The normalized spacial score (nSPS) is 10.8. The third kappa shape index (κ3) is 4.68. The Balaban J connectivity index is 1.97. The van der Waals surface area contributed by atoms with Crippen molar-refractivity contribution in [3.63, 3.8) is 0 Å². The number of hydrogen-bond acceptors (Lipinski definition) is 7. The van der Waals surface area contributed by atoms with E-state index >= 15 is 0 Å². The van der Waals surface area contributed by atoms with Gasteiger partial charge in [-0.2, -0.15) is 5.10 Å². The van der Waals surface area contributed by atoms with Crippen molar-refractivity contribution in [1.29, 1.82) is 0 Å². The van der Waals surface area contributed by atoms with Crippen LogP contribution < -0.4 is 15.9 Å². The number of aromatic nitrogens is 2. The first-order valence-corrected chi connectivity index (χ1v) is 7.60. The number of rotatable bonds is 6. The number of anilines is 1. The fourth-order valence-corrected chi connectivity index (χ4v) is 2.38. The van der Waals surface area contributed by atoms with Crippen LogP contribution in [-0.4, -0.2) is 28.9 Å². The zero-order chi connectivity index (χ0) is 15.9. The minimum absolute atomic E-state index is 0.0695. The van der Waals surface area contributed by atoms with E-state index in [1.165, 1.54) is 6.21 Å². The van der Waals surface area contributed by atoms with Gasteiger partial charge in [-0.15, -0.1) is 10.2 Å². The standard InChI is InChI=1S/C13H14ClN5O2S/c1-2-21-10-4-3-9(14)5-8(10)7-16-17-11(20)6-12-18-19-13(15)22-12/h3-5,7H,2,6H2,1H3,(H2,15,19)(H,17,20)/b16-7-. The van der Waals surface area contributed by atoms with Gasteiger partial charge in [0.05, 0.1) is 19.2 Å². The van der Waals surface area contributed by atoms with Crippen LogP contribution in [0, 0.1) is 0 Å². The fraction of sp³-hybridized carbons (Fsp3) is 0.231. The molecule has 2 aromatic rings. The summed E-state index contributed by atoms with van der Waals surface area (Å²) in [4.78, 5) is 11.7. The summed E-state index contributed by atoms with van der Waals surface area (Å²) in [5, 5.41) is 12.7. The molecule has 2 rings (SSSR count). The first-order valence-electron chi connectivity index (χ1n) is 6.40. The zero-order valence-electron chi connectivity index (χ0n) is 11.7. The highest BCUT2D eigenvalue weighted by atomic mass is 35.5. The van der Waals surface area contributed by atoms with Crippen LogP contribution in [-0.2, 0) is 11.2 Å². The minimum Gasteiger partial charge on any atom is -0.493 e. The van der Waals surface area contributed by atoms with Gasteiger partial charge in [0.2, 0.25) is 11.0 Å². The number of nitrogens with two attached hydrogens (primary N) is 1. The van der Waals surface area contributed by atoms with Crippen LogP contribution in [0.1, 0.15) is 17.5 Å². The van der Waals surface area contributed by atoms with E-state index in [1.54, 1.807) is 18.2 Å². The van der Waals surface area contributed by atoms with Gasteiger partial charge in [-0.1, -0.05) is 22.9 Å². The molecule has 0 spiro atoms. The Morgan fingerprint density at radius 1 is 1.55 bits per heavy atom. The summed E-state index contributed by atoms with van der Waals surface area (Å²) >= 11 is 7.10. The van der Waals surface area contributed by atoms with E-state index in [0.717, 1.165) is 11.3 Å². The van der Waals surface area contributed by atoms with Crippen LogP contribution in [0.5, 0.6) is 5.75 Å². The fourth-order valence-electron chi connectivity index (χ4n) is 1.60. The van der Waals surface area contributed by atoms with Crippen molar-refractivity contribution in [2.75, 3.05) is 12.3 Å². The molecule has 7 nitrogen and oxygen atoms in total. The minimum atomic E-state index is -0.313. The van der Waals surface area contributed by atoms with Gasteiger partial charge in [-0.05, 0) is 25.1 Å². The zero-order valence-corrected chi connectivity index (χ0v) is 13.3. The van der Waals surface area contributed by atoms with Gasteiger partial charge >= 0.3 is 0 Å². The number of carbonyl (C=O) groups excluding carboxylic acids is 1. The van der Waals surface area contributed by atoms with Crippen LogP contribution in [0.25, 0.3) is 0 Å². The largest absolute Gasteiger partial charge is 0.493 e. The first kappa shape index (κ1) is 16.2. The smallest absolute Gasteiger partial charge is 0.247 e. The number of benzene rings is 1. The van der Waals surface area contributed by atoms with E-state index in [9.17, 15) is 4.79 Å². The Bertz CT molecular complexity index is 689. The van der Waals surface area contributed by atoms with Crippen LogP contribution in [0.4, 0.5) is 5.13 Å². The van der Waals surface area contributed by atoms with Gasteiger partial charge < -0.3 is 10.5 Å². The molecule has 0 saturated carbocycles. The molecule has 9 heteroatoms. The number of nitrogens with one attached hydrogen (secondary N) is 1. The summed E-state index contributed by atoms with van der Waals surface area (Å²) in [5.41, 5.74) is 8.53. The van der Waals surface area contributed by atoms with Crippen molar-refractivity contribution in [2.24, 2.45) is 5.10 Å². The Labute approximate surface area is 136 Å². The Morgan fingerprint density at radius 2 is 2.36 bits per heavy atom. The lowest BCUT2D eigenvalue weighted by Crippen LogP contribution is -2.19. The summed E-state index contributed by atoms with van der Waals surface area (Å²) < 4.78 is 5.45. The number of amides is 1. The number of nitrogen functional groups attached to an aromatic ring is 1. The topological polar surface area (TPSA) is 102 Å². The molecule has 0 unspecified atom stereocenters. The van der Waals surface area contributed by atoms with Crippen molar-refractivity contribution in [3.8, 4) is 5.75 Å². The summed E-state index contributed by atoms with van der Waals surface area (Å²) in [7, 11) is 0. The molecular formula is C13H14ClN5O2S. The predicted molar refractivity (Wildman–Crippen MR) is 86.4 cm³/mol. The Kier molecular flexibility index (Phi) is 5.68. The van der Waals surface area contributed by atoms with Gasteiger partial charge in [0.15, 0.2) is 0 Å². The predicted octanol–water partition coefficient (Wildman–Crippen LogP) is 1.87. The quantitative estimate of drug-likeness (QED) is 0.617. The molecule has 1 amide bonds. The maximum Gasteiger partial charge on any atom is 0.247 e. The van der Waals surface area contributed by atoms with Gasteiger partial charge in [-0.3, -0.25) is 4.79 Å². The Hall–Kier alpha value is -2.19. The van der Waals surface area contributed by atoms with E-state index < -0.39 is 0 Å². The second kappa shape index (κ2) is 7.71. The van der Waals surface area contributed by atoms with Crippen molar-refractivity contribution in [1.82, 2.24) is 15.6 Å². The van der Waals surface area contributed by atoms with E-state index in [4.69, 9.17) is 22.1 Å². The number of ether oxygens (including phenoxy) is 1. The lowest BCUT2D eigenvalue weighted by atomic mass is 10.2. The highest BCUT2D eigenvalue weighted by Gasteiger charge is 2.07. The summed E-state index contributed by atoms with van der Waals surface area (Å²) in [6, 6.07) is 5.18. The third-order valence-electron chi connectivity index (χ3n) is 2.46. The number of carbonyl (C=O) groups is 1. The second-order valence-corrected chi connectivity index (χ2v) is 5.65. The van der Waals surface area contributed by atoms with Gasteiger partial charge in [0.25, 0.3) is 0 Å². The SMILES string of the molecule is CCOc1ccc(Cl)cc1/C=N\NC(=O)Cc1nnc(N)s1. The molecule has 1 aromatic heterocycles. The molecule has 1 heterocycles. The average molecular weight is 340 g/mol. The maximum atomic E-state index is 11.7. The lowest BCUT2D eigenvalue weighted by molar-refractivity contribution is -0.120. The molecule has 0 aliphatic rings. The summed E-state index contributed by atoms with van der Waals surface area (Å²) in [5.74, 6) is 0.328. The summed E-state index contributed by atoms with van der Waals surface area (Å²) in [6.07, 6.45) is 1.54. The van der Waals surface area contributed by atoms with E-state index in [2.05, 4.69) is 20.7 Å². The Morgan fingerprint density at radius 3 is 3.05 bits per heavy atom. The van der Waals surface area contributed by atoms with E-state index in [-0.39, 0.29) is 12.3 Å². The van der Waals surface area contributed by atoms with Crippen molar-refractivity contribution in [3.05, 3.63) is 33.8 Å². The third-order valence-corrected chi connectivity index (χ3v) is 3.45. The molecule has 0 radical (unpaired) electrons. The molecule has 22 heavy (non-hydrogen) atoms. The van der Waals surface area contributed by atoms with E-state index in [1.807, 2.05) is 6.92 Å². The molecule has 0 aliphatic carbocycles. The van der Waals surface area contributed by atoms with Crippen LogP contribution >= 0.6 is 22.9 Å². The highest BCUT2D eigenvalue weighted by Crippen LogP contribution is 2.21. The number of halogens is 1. The van der Waals surface area contributed by atoms with Crippen LogP contribution in [0.3, 0.4) is 0 Å². The molecule has 116 valence electrons. The molecule has 0 bridgehead atoms. The molecule has 1 aromatic carbocycles. The van der Waals surface area contributed by atoms with Crippen molar-refractivity contribution < 1.29 is 9.53 Å². The lowest BCUT2D eigenvalue weighted by Gasteiger charge is -2.06. The van der Waals surface area contributed by atoms with Crippen molar-refractivity contribution >= 4 is 40.2 Å². The number of hydrazone groups is 1. The first-order chi connectivity index (χ1) is 10.6. The molecule has 0 aliphatic heterocycles. The van der Waals surface area contributed by atoms with Gasteiger partial charge in [-0.25, -0.2) is 5.43 Å². The van der Waals surface area contributed by atoms with E-state index in [0.29, 0.717) is 33.1 Å². The van der Waals surface area contributed by atoms with Crippen LogP contribution in [0.2, 0.25) is 5.02 Å². The molecule has 3 N–H and O–H groups in total. The monoisotopic (exact) mass is 339 g/mol. The maximum absolute atomic E-state index is 11.7. The molecule has 0 saturated heterocycles. The average Bonchev–Trinajstić information content (AvgIpc) is 2.87. The molecular weight excluding hydrogens is 326 g/mol. The second-order valence-electron chi connectivity index (χ2n) is 4.12.